The van der Waals surface area contributed by atoms with Crippen LogP contribution < -0.4 is 10.6 Å². The molecule has 96 valence electrons. The van der Waals surface area contributed by atoms with E-state index in [4.69, 9.17) is 11.6 Å². The van der Waals surface area contributed by atoms with Crippen LogP contribution in [0.15, 0.2) is 22.7 Å². The molecule has 1 aliphatic heterocycles. The highest BCUT2D eigenvalue weighted by Gasteiger charge is 2.24. The van der Waals surface area contributed by atoms with Crippen molar-refractivity contribution in [1.29, 1.82) is 0 Å². The molecule has 1 fully saturated rings. The molecule has 1 heterocycles. The lowest BCUT2D eigenvalue weighted by atomic mass is 10.1. The Kier molecular flexibility index (Phi) is 4.24. The molecule has 1 atom stereocenters. The normalized spacial score (nSPS) is 19.2. The molecule has 18 heavy (non-hydrogen) atoms. The van der Waals surface area contributed by atoms with Gasteiger partial charge in [0.15, 0.2) is 0 Å². The minimum atomic E-state index is -0.471. The number of rotatable bonds is 2. The third kappa shape index (κ3) is 2.84. The molecule has 1 aromatic carbocycles. The van der Waals surface area contributed by atoms with Crippen LogP contribution in [0.5, 0.6) is 0 Å². The van der Waals surface area contributed by atoms with Gasteiger partial charge in [-0.25, -0.2) is 0 Å². The van der Waals surface area contributed by atoms with E-state index in [0.717, 1.165) is 6.42 Å². The van der Waals surface area contributed by atoms with Gasteiger partial charge in [0, 0.05) is 11.0 Å². The molecule has 0 radical (unpaired) electrons. The van der Waals surface area contributed by atoms with Crippen LogP contribution in [0.3, 0.4) is 0 Å². The molecular weight excluding hydrogens is 320 g/mol. The van der Waals surface area contributed by atoms with E-state index in [1.807, 2.05) is 0 Å². The zero-order valence-electron chi connectivity index (χ0n) is 9.50. The molecule has 0 spiro atoms. The minimum Gasteiger partial charge on any atom is -0.354 e. The van der Waals surface area contributed by atoms with Crippen molar-refractivity contribution in [2.24, 2.45) is 0 Å². The lowest BCUT2D eigenvalue weighted by Gasteiger charge is -2.23. The lowest BCUT2D eigenvalue weighted by Crippen LogP contribution is -2.50. The van der Waals surface area contributed by atoms with E-state index in [1.165, 1.54) is 0 Å². The number of hydrogen-bond donors (Lipinski definition) is 2. The lowest BCUT2D eigenvalue weighted by molar-refractivity contribution is -0.124. The molecule has 0 aromatic heterocycles. The first-order chi connectivity index (χ1) is 8.59. The Morgan fingerprint density at radius 3 is 3.00 bits per heavy atom. The second kappa shape index (κ2) is 5.71. The molecule has 2 amide bonds. The molecule has 2 rings (SSSR count). The Balaban J connectivity index is 2.12. The highest BCUT2D eigenvalue weighted by atomic mass is 79.9. The quantitative estimate of drug-likeness (QED) is 0.872. The molecule has 1 aliphatic rings. The summed E-state index contributed by atoms with van der Waals surface area (Å²) in [6, 6.07) is 4.64. The predicted molar refractivity (Wildman–Crippen MR) is 72.6 cm³/mol. The SMILES string of the molecule is O=C(NC1CCCNC1=O)c1cccc(Br)c1Cl. The van der Waals surface area contributed by atoms with Crippen molar-refractivity contribution in [2.75, 3.05) is 6.54 Å². The Labute approximate surface area is 118 Å². The zero-order chi connectivity index (χ0) is 13.1. The van der Waals surface area contributed by atoms with Crippen molar-refractivity contribution >= 4 is 39.3 Å². The maximum atomic E-state index is 12.0. The molecule has 1 saturated heterocycles. The predicted octanol–water partition coefficient (Wildman–Crippen LogP) is 2.11. The summed E-state index contributed by atoms with van der Waals surface area (Å²) in [5, 5.41) is 5.77. The molecular formula is C12H12BrClN2O2. The topological polar surface area (TPSA) is 58.2 Å². The monoisotopic (exact) mass is 330 g/mol. The van der Waals surface area contributed by atoms with Crippen LogP contribution in [0.25, 0.3) is 0 Å². The second-order valence-electron chi connectivity index (χ2n) is 4.06. The summed E-state index contributed by atoms with van der Waals surface area (Å²) in [5.41, 5.74) is 0.365. The van der Waals surface area contributed by atoms with Crippen LogP contribution in [0.1, 0.15) is 23.2 Å². The molecule has 1 unspecified atom stereocenters. The van der Waals surface area contributed by atoms with Gasteiger partial charge >= 0.3 is 0 Å². The number of nitrogens with one attached hydrogen (secondary N) is 2. The summed E-state index contributed by atoms with van der Waals surface area (Å²) in [4.78, 5) is 23.6. The van der Waals surface area contributed by atoms with Gasteiger partial charge in [-0.1, -0.05) is 17.7 Å². The highest BCUT2D eigenvalue weighted by molar-refractivity contribution is 9.10. The van der Waals surface area contributed by atoms with E-state index < -0.39 is 6.04 Å². The fourth-order valence-electron chi connectivity index (χ4n) is 1.82. The number of carbonyl (C=O) groups is 2. The van der Waals surface area contributed by atoms with Crippen LogP contribution in [0.4, 0.5) is 0 Å². The van der Waals surface area contributed by atoms with Gasteiger partial charge in [-0.3, -0.25) is 9.59 Å². The minimum absolute atomic E-state index is 0.138. The van der Waals surface area contributed by atoms with Gasteiger partial charge in [0.1, 0.15) is 6.04 Å². The highest BCUT2D eigenvalue weighted by Crippen LogP contribution is 2.26. The summed E-state index contributed by atoms with van der Waals surface area (Å²) in [6.45, 7) is 0.669. The molecule has 6 heteroatoms. The summed E-state index contributed by atoms with van der Waals surface area (Å²) in [6.07, 6.45) is 1.52. The van der Waals surface area contributed by atoms with Gasteiger partial charge in [-0.2, -0.15) is 0 Å². The molecule has 0 bridgehead atoms. The van der Waals surface area contributed by atoms with E-state index in [0.29, 0.717) is 28.0 Å². The first-order valence-electron chi connectivity index (χ1n) is 5.62. The average molecular weight is 332 g/mol. The van der Waals surface area contributed by atoms with Crippen LogP contribution in [0, 0.1) is 0 Å². The number of carbonyl (C=O) groups excluding carboxylic acids is 2. The Hall–Kier alpha value is -1.07. The first kappa shape index (κ1) is 13.4. The van der Waals surface area contributed by atoms with Crippen molar-refractivity contribution in [3.8, 4) is 0 Å². The fraction of sp³-hybridized carbons (Fsp3) is 0.333. The Bertz CT molecular complexity index is 493. The van der Waals surface area contributed by atoms with Crippen LogP contribution in [-0.4, -0.2) is 24.4 Å². The van der Waals surface area contributed by atoms with E-state index >= 15 is 0 Å². The summed E-state index contributed by atoms with van der Waals surface area (Å²) >= 11 is 9.29. The van der Waals surface area contributed by atoms with Crippen molar-refractivity contribution < 1.29 is 9.59 Å². The van der Waals surface area contributed by atoms with Gasteiger partial charge < -0.3 is 10.6 Å². The molecule has 0 aliphatic carbocycles. The zero-order valence-corrected chi connectivity index (χ0v) is 11.8. The average Bonchev–Trinajstić information content (AvgIpc) is 2.35. The van der Waals surface area contributed by atoms with Crippen LogP contribution in [0.2, 0.25) is 5.02 Å². The fourth-order valence-corrected chi connectivity index (χ4v) is 2.40. The maximum absolute atomic E-state index is 12.0. The molecule has 1 aromatic rings. The standard InChI is InChI=1S/C12H12BrClN2O2/c13-8-4-1-3-7(10(8)14)11(17)16-9-5-2-6-15-12(9)18/h1,3-4,9H,2,5-6H2,(H,15,18)(H,16,17). The maximum Gasteiger partial charge on any atom is 0.253 e. The van der Waals surface area contributed by atoms with Crippen molar-refractivity contribution in [2.45, 2.75) is 18.9 Å². The number of hydrogen-bond acceptors (Lipinski definition) is 2. The first-order valence-corrected chi connectivity index (χ1v) is 6.79. The van der Waals surface area contributed by atoms with Crippen molar-refractivity contribution in [3.05, 3.63) is 33.3 Å². The summed E-state index contributed by atoms with van der Waals surface area (Å²) in [7, 11) is 0. The van der Waals surface area contributed by atoms with Crippen molar-refractivity contribution in [3.63, 3.8) is 0 Å². The van der Waals surface area contributed by atoms with E-state index in [-0.39, 0.29) is 11.8 Å². The van der Waals surface area contributed by atoms with Crippen LogP contribution >= 0.6 is 27.5 Å². The molecule has 2 N–H and O–H groups in total. The van der Waals surface area contributed by atoms with Crippen LogP contribution in [-0.2, 0) is 4.79 Å². The number of halogens is 2. The van der Waals surface area contributed by atoms with E-state index in [9.17, 15) is 9.59 Å². The summed E-state index contributed by atoms with van der Waals surface area (Å²) in [5.74, 6) is -0.468. The largest absolute Gasteiger partial charge is 0.354 e. The van der Waals surface area contributed by atoms with Gasteiger partial charge in [0.05, 0.1) is 10.6 Å². The van der Waals surface area contributed by atoms with Gasteiger partial charge in [0.25, 0.3) is 5.91 Å². The number of piperidine rings is 1. The van der Waals surface area contributed by atoms with Gasteiger partial charge in [0.2, 0.25) is 5.91 Å². The Morgan fingerprint density at radius 2 is 2.28 bits per heavy atom. The molecule has 0 saturated carbocycles. The number of benzene rings is 1. The number of amides is 2. The smallest absolute Gasteiger partial charge is 0.253 e. The van der Waals surface area contributed by atoms with Crippen molar-refractivity contribution in [1.82, 2.24) is 10.6 Å². The van der Waals surface area contributed by atoms with Gasteiger partial charge in [-0.05, 0) is 40.9 Å². The summed E-state index contributed by atoms with van der Waals surface area (Å²) < 4.78 is 0.657. The van der Waals surface area contributed by atoms with E-state index in [1.54, 1.807) is 18.2 Å². The third-order valence-corrected chi connectivity index (χ3v) is 4.08. The third-order valence-electron chi connectivity index (χ3n) is 2.79. The molecule has 4 nitrogen and oxygen atoms in total. The van der Waals surface area contributed by atoms with E-state index in [2.05, 4.69) is 26.6 Å². The second-order valence-corrected chi connectivity index (χ2v) is 5.29. The van der Waals surface area contributed by atoms with Gasteiger partial charge in [-0.15, -0.1) is 0 Å². The Morgan fingerprint density at radius 1 is 1.50 bits per heavy atom.